The van der Waals surface area contributed by atoms with Crippen molar-refractivity contribution in [1.29, 1.82) is 0 Å². The Kier molecular flexibility index (Phi) is 3.74. The minimum atomic E-state index is -0.239. The molecule has 2 aromatic heterocycles. The zero-order chi connectivity index (χ0) is 12.8. The van der Waals surface area contributed by atoms with Crippen LogP contribution in [0.1, 0.15) is 16.2 Å². The topological polar surface area (TPSA) is 83.8 Å². The van der Waals surface area contributed by atoms with Gasteiger partial charge < -0.3 is 16.0 Å². The van der Waals surface area contributed by atoms with Gasteiger partial charge in [-0.3, -0.25) is 4.79 Å². The van der Waals surface area contributed by atoms with E-state index in [2.05, 4.69) is 27.1 Å². The van der Waals surface area contributed by atoms with Gasteiger partial charge in [0.05, 0.1) is 6.54 Å². The molecule has 0 unspecified atom stereocenters. The quantitative estimate of drug-likeness (QED) is 0.684. The highest BCUT2D eigenvalue weighted by molar-refractivity contribution is 6.02. The molecule has 0 aliphatic heterocycles. The van der Waals surface area contributed by atoms with Gasteiger partial charge >= 0.3 is 0 Å². The standard InChI is InChI=1S/C13H12N4O/c14-8-2-5-10-4-1-7-12(16-10)17-13(18)11-6-3-9-15-11/h1,3-4,6-7,9,15H,8,14H2,(H,16,17,18). The summed E-state index contributed by atoms with van der Waals surface area (Å²) >= 11 is 0. The van der Waals surface area contributed by atoms with Crippen LogP contribution < -0.4 is 11.1 Å². The number of hydrogen-bond acceptors (Lipinski definition) is 3. The fourth-order valence-corrected chi connectivity index (χ4v) is 1.37. The van der Waals surface area contributed by atoms with Crippen LogP contribution in [0.3, 0.4) is 0 Å². The smallest absolute Gasteiger partial charge is 0.273 e. The summed E-state index contributed by atoms with van der Waals surface area (Å²) in [5.41, 5.74) is 6.34. The molecule has 0 aliphatic rings. The van der Waals surface area contributed by atoms with Crippen molar-refractivity contribution in [3.63, 3.8) is 0 Å². The van der Waals surface area contributed by atoms with Gasteiger partial charge in [0.15, 0.2) is 0 Å². The van der Waals surface area contributed by atoms with E-state index < -0.39 is 0 Å². The van der Waals surface area contributed by atoms with Crippen molar-refractivity contribution >= 4 is 11.7 Å². The molecule has 0 spiro atoms. The molecule has 0 aromatic carbocycles. The number of amides is 1. The van der Waals surface area contributed by atoms with Crippen molar-refractivity contribution in [3.05, 3.63) is 47.9 Å². The maximum absolute atomic E-state index is 11.8. The average molecular weight is 240 g/mol. The molecule has 0 saturated heterocycles. The van der Waals surface area contributed by atoms with Gasteiger partial charge in [0.25, 0.3) is 5.91 Å². The van der Waals surface area contributed by atoms with Crippen LogP contribution in [0, 0.1) is 11.8 Å². The Morgan fingerprint density at radius 2 is 2.28 bits per heavy atom. The van der Waals surface area contributed by atoms with E-state index in [1.54, 1.807) is 36.5 Å². The molecule has 90 valence electrons. The largest absolute Gasteiger partial charge is 0.357 e. The molecule has 0 bridgehead atoms. The lowest BCUT2D eigenvalue weighted by Gasteiger charge is -2.02. The molecular weight excluding hydrogens is 228 g/mol. The molecule has 0 saturated carbocycles. The zero-order valence-corrected chi connectivity index (χ0v) is 9.60. The first-order chi connectivity index (χ1) is 8.79. The predicted octanol–water partition coefficient (Wildman–Crippen LogP) is 0.972. The molecule has 0 radical (unpaired) electrons. The molecule has 2 rings (SSSR count). The van der Waals surface area contributed by atoms with Crippen molar-refractivity contribution < 1.29 is 4.79 Å². The normalized spacial score (nSPS) is 9.39. The van der Waals surface area contributed by atoms with Gasteiger partial charge in [-0.15, -0.1) is 0 Å². The molecule has 0 aliphatic carbocycles. The lowest BCUT2D eigenvalue weighted by molar-refractivity contribution is 0.102. The number of hydrogen-bond donors (Lipinski definition) is 3. The first kappa shape index (κ1) is 11.9. The van der Waals surface area contributed by atoms with Crippen molar-refractivity contribution in [3.8, 4) is 11.8 Å². The fourth-order valence-electron chi connectivity index (χ4n) is 1.37. The van der Waals surface area contributed by atoms with Crippen LogP contribution in [0.25, 0.3) is 0 Å². The van der Waals surface area contributed by atoms with E-state index in [1.807, 2.05) is 0 Å². The molecular formula is C13H12N4O. The van der Waals surface area contributed by atoms with Crippen molar-refractivity contribution in [2.75, 3.05) is 11.9 Å². The van der Waals surface area contributed by atoms with Crippen LogP contribution in [0.15, 0.2) is 36.5 Å². The monoisotopic (exact) mass is 240 g/mol. The molecule has 0 atom stereocenters. The summed E-state index contributed by atoms with van der Waals surface area (Å²) in [4.78, 5) is 18.8. The Hall–Kier alpha value is -2.58. The van der Waals surface area contributed by atoms with Crippen LogP contribution >= 0.6 is 0 Å². The number of rotatable bonds is 2. The van der Waals surface area contributed by atoms with E-state index in [1.165, 1.54) is 0 Å². The van der Waals surface area contributed by atoms with Crippen molar-refractivity contribution in [2.45, 2.75) is 0 Å². The van der Waals surface area contributed by atoms with Gasteiger partial charge in [-0.2, -0.15) is 0 Å². The molecule has 0 fully saturated rings. The second kappa shape index (κ2) is 5.66. The van der Waals surface area contributed by atoms with Gasteiger partial charge in [-0.1, -0.05) is 12.0 Å². The fraction of sp³-hybridized carbons (Fsp3) is 0.0769. The summed E-state index contributed by atoms with van der Waals surface area (Å²) in [7, 11) is 0. The molecule has 1 amide bonds. The highest BCUT2D eigenvalue weighted by Crippen LogP contribution is 2.06. The maximum Gasteiger partial charge on any atom is 0.273 e. The molecule has 5 heteroatoms. The number of nitrogens with two attached hydrogens (primary N) is 1. The van der Waals surface area contributed by atoms with Crippen molar-refractivity contribution in [2.24, 2.45) is 5.73 Å². The van der Waals surface area contributed by atoms with E-state index >= 15 is 0 Å². The van der Waals surface area contributed by atoms with E-state index in [-0.39, 0.29) is 12.5 Å². The first-order valence-corrected chi connectivity index (χ1v) is 5.40. The third-order valence-corrected chi connectivity index (χ3v) is 2.15. The summed E-state index contributed by atoms with van der Waals surface area (Å²) < 4.78 is 0. The highest BCUT2D eigenvalue weighted by Gasteiger charge is 2.06. The first-order valence-electron chi connectivity index (χ1n) is 5.40. The second-order valence-electron chi connectivity index (χ2n) is 3.45. The number of anilines is 1. The van der Waals surface area contributed by atoms with E-state index in [9.17, 15) is 4.79 Å². The van der Waals surface area contributed by atoms with E-state index in [0.29, 0.717) is 17.2 Å². The van der Waals surface area contributed by atoms with Crippen LogP contribution in [0.5, 0.6) is 0 Å². The van der Waals surface area contributed by atoms with Gasteiger partial charge in [0, 0.05) is 6.20 Å². The summed E-state index contributed by atoms with van der Waals surface area (Å²) in [5.74, 6) is 5.73. The van der Waals surface area contributed by atoms with Crippen LogP contribution in [0.4, 0.5) is 5.82 Å². The highest BCUT2D eigenvalue weighted by atomic mass is 16.1. The number of nitrogens with one attached hydrogen (secondary N) is 2. The van der Waals surface area contributed by atoms with Gasteiger partial charge in [0.2, 0.25) is 0 Å². The van der Waals surface area contributed by atoms with Crippen LogP contribution in [-0.4, -0.2) is 22.4 Å². The van der Waals surface area contributed by atoms with Crippen LogP contribution in [0.2, 0.25) is 0 Å². The average Bonchev–Trinajstić information content (AvgIpc) is 2.91. The molecule has 18 heavy (non-hydrogen) atoms. The Morgan fingerprint density at radius 1 is 1.39 bits per heavy atom. The number of pyridine rings is 1. The number of H-pyrrole nitrogens is 1. The third kappa shape index (κ3) is 2.97. The molecule has 2 heterocycles. The summed E-state index contributed by atoms with van der Waals surface area (Å²) in [5, 5.41) is 2.68. The third-order valence-electron chi connectivity index (χ3n) is 2.15. The lowest BCUT2D eigenvalue weighted by atomic mass is 10.3. The number of carbonyl (C=O) groups is 1. The zero-order valence-electron chi connectivity index (χ0n) is 9.60. The Balaban J connectivity index is 2.12. The number of aromatic nitrogens is 2. The van der Waals surface area contributed by atoms with E-state index in [0.717, 1.165) is 0 Å². The summed E-state index contributed by atoms with van der Waals surface area (Å²) in [6, 6.07) is 8.68. The van der Waals surface area contributed by atoms with Gasteiger partial charge in [-0.25, -0.2) is 4.98 Å². The Bertz CT molecular complexity index is 593. The summed E-state index contributed by atoms with van der Waals surface area (Å²) in [6.07, 6.45) is 1.69. The number of aromatic amines is 1. The Labute approximate surface area is 104 Å². The van der Waals surface area contributed by atoms with Crippen LogP contribution in [-0.2, 0) is 0 Å². The Morgan fingerprint density at radius 3 is 3.00 bits per heavy atom. The number of nitrogens with zero attached hydrogens (tertiary/aromatic N) is 1. The van der Waals surface area contributed by atoms with E-state index in [4.69, 9.17) is 5.73 Å². The lowest BCUT2D eigenvalue weighted by Crippen LogP contribution is -2.13. The molecule has 2 aromatic rings. The van der Waals surface area contributed by atoms with Gasteiger partial charge in [0.1, 0.15) is 17.2 Å². The maximum atomic E-state index is 11.8. The minimum absolute atomic E-state index is 0.239. The number of carbonyl (C=O) groups excluding carboxylic acids is 1. The van der Waals surface area contributed by atoms with Gasteiger partial charge in [-0.05, 0) is 30.2 Å². The second-order valence-corrected chi connectivity index (χ2v) is 3.45. The molecule has 4 N–H and O–H groups in total. The SMILES string of the molecule is NCC#Cc1cccc(NC(=O)c2ccc[nH]2)n1. The molecule has 5 nitrogen and oxygen atoms in total. The summed E-state index contributed by atoms with van der Waals surface area (Å²) in [6.45, 7) is 0.279. The predicted molar refractivity (Wildman–Crippen MR) is 68.9 cm³/mol. The minimum Gasteiger partial charge on any atom is -0.357 e. The van der Waals surface area contributed by atoms with Crippen molar-refractivity contribution in [1.82, 2.24) is 9.97 Å².